The van der Waals surface area contributed by atoms with Gasteiger partial charge in [-0.3, -0.25) is 19.1 Å². The Bertz CT molecular complexity index is 1100. The zero-order valence-corrected chi connectivity index (χ0v) is 16.9. The number of halogens is 1. The summed E-state index contributed by atoms with van der Waals surface area (Å²) in [6.45, 7) is -0.0706. The molecule has 32 heavy (non-hydrogen) atoms. The van der Waals surface area contributed by atoms with Crippen LogP contribution in [0.3, 0.4) is 0 Å². The first kappa shape index (κ1) is 23.3. The molecule has 12 heteroatoms. The molecule has 3 N–H and O–H groups in total. The number of ether oxygens (including phenoxy) is 3. The molecular formula is C20H21FN2O9. The molecule has 1 aromatic heterocycles. The van der Waals surface area contributed by atoms with E-state index in [9.17, 15) is 24.3 Å². The van der Waals surface area contributed by atoms with Gasteiger partial charge in [-0.25, -0.2) is 14.0 Å². The maximum atomic E-state index is 15.4. The number of aliphatic hydroxyl groups is 2. The van der Waals surface area contributed by atoms with Crippen LogP contribution in [0.1, 0.15) is 29.1 Å². The van der Waals surface area contributed by atoms with Crippen molar-refractivity contribution >= 4 is 11.9 Å². The number of aromatic nitrogens is 2. The Balaban J connectivity index is 1.90. The van der Waals surface area contributed by atoms with Crippen molar-refractivity contribution in [2.75, 3.05) is 13.2 Å². The second-order valence-corrected chi connectivity index (χ2v) is 7.04. The first-order valence-corrected chi connectivity index (χ1v) is 9.56. The fourth-order valence-electron chi connectivity index (χ4n) is 3.27. The lowest BCUT2D eigenvalue weighted by Crippen LogP contribution is -2.48. The molecule has 0 spiro atoms. The van der Waals surface area contributed by atoms with E-state index < -0.39 is 60.7 Å². The van der Waals surface area contributed by atoms with Crippen LogP contribution in [0.25, 0.3) is 0 Å². The van der Waals surface area contributed by atoms with Crippen LogP contribution in [-0.2, 0) is 25.4 Å². The second kappa shape index (κ2) is 9.42. The number of benzene rings is 1. The van der Waals surface area contributed by atoms with Gasteiger partial charge in [0, 0.05) is 31.7 Å². The van der Waals surface area contributed by atoms with Gasteiger partial charge in [0.15, 0.2) is 6.10 Å². The molecule has 172 valence electrons. The Labute approximate surface area is 180 Å². The second-order valence-electron chi connectivity index (χ2n) is 7.04. The molecule has 0 unspecified atom stereocenters. The van der Waals surface area contributed by atoms with E-state index in [-0.39, 0.29) is 17.5 Å². The van der Waals surface area contributed by atoms with Gasteiger partial charge in [-0.15, -0.1) is 0 Å². The van der Waals surface area contributed by atoms with Crippen LogP contribution in [0.4, 0.5) is 4.39 Å². The Hall–Kier alpha value is -3.35. The van der Waals surface area contributed by atoms with Gasteiger partial charge in [0.2, 0.25) is 6.23 Å². The predicted molar refractivity (Wildman–Crippen MR) is 104 cm³/mol. The smallest absolute Gasteiger partial charge is 0.338 e. The largest absolute Gasteiger partial charge is 0.459 e. The minimum absolute atomic E-state index is 0.0745. The van der Waals surface area contributed by atoms with Crippen molar-refractivity contribution in [3.8, 4) is 0 Å². The number of nitrogens with one attached hydrogen (secondary N) is 1. The summed E-state index contributed by atoms with van der Waals surface area (Å²) < 4.78 is 31.3. The van der Waals surface area contributed by atoms with Gasteiger partial charge in [-0.1, -0.05) is 18.2 Å². The van der Waals surface area contributed by atoms with Crippen LogP contribution < -0.4 is 11.2 Å². The molecule has 2 aromatic rings. The van der Waals surface area contributed by atoms with E-state index in [0.29, 0.717) is 4.57 Å². The van der Waals surface area contributed by atoms with Crippen LogP contribution in [0.2, 0.25) is 0 Å². The summed E-state index contributed by atoms with van der Waals surface area (Å²) in [7, 11) is 0. The molecule has 11 nitrogen and oxygen atoms in total. The minimum Gasteiger partial charge on any atom is -0.459 e. The van der Waals surface area contributed by atoms with Gasteiger partial charge in [0.1, 0.15) is 12.7 Å². The maximum Gasteiger partial charge on any atom is 0.338 e. The van der Waals surface area contributed by atoms with E-state index in [1.165, 1.54) is 12.1 Å². The van der Waals surface area contributed by atoms with E-state index in [4.69, 9.17) is 19.3 Å². The van der Waals surface area contributed by atoms with Gasteiger partial charge in [0.25, 0.3) is 11.4 Å². The molecule has 4 atom stereocenters. The monoisotopic (exact) mass is 452 g/mol. The van der Waals surface area contributed by atoms with Gasteiger partial charge in [-0.2, -0.15) is 0 Å². The van der Waals surface area contributed by atoms with E-state index >= 15 is 4.39 Å². The maximum absolute atomic E-state index is 15.4. The lowest BCUT2D eigenvalue weighted by atomic mass is 10.1. The van der Waals surface area contributed by atoms with Gasteiger partial charge < -0.3 is 24.4 Å². The highest BCUT2D eigenvalue weighted by molar-refractivity contribution is 5.89. The van der Waals surface area contributed by atoms with Crippen molar-refractivity contribution in [3.63, 3.8) is 0 Å². The summed E-state index contributed by atoms with van der Waals surface area (Å²) in [4.78, 5) is 49.7. The number of aromatic amines is 1. The Morgan fingerprint density at radius 3 is 2.59 bits per heavy atom. The summed E-state index contributed by atoms with van der Waals surface area (Å²) in [6.07, 6.45) is -4.71. The van der Waals surface area contributed by atoms with Crippen LogP contribution in [0.15, 0.2) is 46.1 Å². The zero-order valence-electron chi connectivity index (χ0n) is 16.9. The fourth-order valence-corrected chi connectivity index (χ4v) is 3.27. The molecule has 0 aliphatic carbocycles. The van der Waals surface area contributed by atoms with E-state index in [1.54, 1.807) is 18.2 Å². The number of alkyl halides is 1. The highest BCUT2D eigenvalue weighted by Gasteiger charge is 2.61. The quantitative estimate of drug-likeness (QED) is 0.467. The summed E-state index contributed by atoms with van der Waals surface area (Å²) in [5.74, 6) is -5.15. The SMILES string of the molecule is CC(=O)O[C@@H]1[C@@H](COC(=O)c2ccccc2)O[C@@H](n2cc(CCO)c(=O)[nH]c2=O)[C@]1(O)F. The number of carbonyl (C=O) groups is 2. The molecule has 0 amide bonds. The van der Waals surface area contributed by atoms with Crippen molar-refractivity contribution in [2.45, 2.75) is 37.6 Å². The lowest BCUT2D eigenvalue weighted by Gasteiger charge is -2.26. The van der Waals surface area contributed by atoms with Crippen molar-refractivity contribution in [1.82, 2.24) is 9.55 Å². The van der Waals surface area contributed by atoms with Crippen LogP contribution in [-0.4, -0.2) is 63.0 Å². The van der Waals surface area contributed by atoms with Crippen LogP contribution >= 0.6 is 0 Å². The zero-order chi connectivity index (χ0) is 23.5. The molecule has 1 saturated heterocycles. The molecule has 3 rings (SSSR count). The first-order valence-electron chi connectivity index (χ1n) is 9.56. The van der Waals surface area contributed by atoms with Gasteiger partial charge in [-0.05, 0) is 12.1 Å². The summed E-state index contributed by atoms with van der Waals surface area (Å²) >= 11 is 0. The fraction of sp³-hybridized carbons (Fsp3) is 0.400. The number of esters is 2. The van der Waals surface area contributed by atoms with Crippen molar-refractivity contribution in [2.24, 2.45) is 0 Å². The molecular weight excluding hydrogens is 431 g/mol. The van der Waals surface area contributed by atoms with Gasteiger partial charge >= 0.3 is 17.6 Å². The average Bonchev–Trinajstić information content (AvgIpc) is 2.98. The van der Waals surface area contributed by atoms with Crippen LogP contribution in [0.5, 0.6) is 0 Å². The van der Waals surface area contributed by atoms with Crippen molar-refractivity contribution < 1.29 is 38.4 Å². The third kappa shape index (κ3) is 4.77. The Morgan fingerprint density at radius 1 is 1.28 bits per heavy atom. The van der Waals surface area contributed by atoms with Crippen LogP contribution in [0, 0.1) is 0 Å². The first-order chi connectivity index (χ1) is 15.1. The van der Waals surface area contributed by atoms with E-state index in [2.05, 4.69) is 0 Å². The number of nitrogens with zero attached hydrogens (tertiary/aromatic N) is 1. The molecule has 2 heterocycles. The molecule has 1 aromatic carbocycles. The number of carbonyl (C=O) groups excluding carboxylic acids is 2. The van der Waals surface area contributed by atoms with Gasteiger partial charge in [0.05, 0.1) is 5.56 Å². The predicted octanol–water partition coefficient (Wildman–Crippen LogP) is -0.584. The molecule has 1 aliphatic heterocycles. The van der Waals surface area contributed by atoms with E-state index in [1.807, 2.05) is 4.98 Å². The molecule has 1 fully saturated rings. The number of H-pyrrole nitrogens is 1. The topological polar surface area (TPSA) is 157 Å². The Morgan fingerprint density at radius 2 is 1.97 bits per heavy atom. The third-order valence-electron chi connectivity index (χ3n) is 4.74. The number of rotatable bonds is 7. The summed E-state index contributed by atoms with van der Waals surface area (Å²) in [5, 5.41) is 19.5. The molecule has 1 aliphatic rings. The standard InChI is InChI=1S/C20H21FN2O9/c1-11(25)31-15-14(10-30-17(27)12-5-3-2-4-6-12)32-18(20(15,21)29)23-9-13(7-8-24)16(26)22-19(23)28/h2-6,9,14-15,18,24,29H,7-8,10H2,1H3,(H,22,26,28)/t14-,15-,18-,20+/m1/s1. The number of hydrogen-bond donors (Lipinski definition) is 3. The minimum atomic E-state index is -3.42. The summed E-state index contributed by atoms with van der Waals surface area (Å²) in [6, 6.07) is 7.87. The lowest BCUT2D eigenvalue weighted by molar-refractivity contribution is -0.209. The van der Waals surface area contributed by atoms with Crippen molar-refractivity contribution in [1.29, 1.82) is 0 Å². The number of aliphatic hydroxyl groups excluding tert-OH is 1. The number of hydrogen-bond acceptors (Lipinski definition) is 9. The Kier molecular flexibility index (Phi) is 6.87. The van der Waals surface area contributed by atoms with Crippen molar-refractivity contribution in [3.05, 3.63) is 68.5 Å². The summed E-state index contributed by atoms with van der Waals surface area (Å²) in [5.41, 5.74) is -1.78. The molecule has 0 saturated carbocycles. The normalized spacial score (nSPS) is 24.8. The average molecular weight is 452 g/mol. The third-order valence-corrected chi connectivity index (χ3v) is 4.74. The highest BCUT2D eigenvalue weighted by atomic mass is 19.2. The molecule has 0 bridgehead atoms. The molecule has 0 radical (unpaired) electrons. The highest BCUT2D eigenvalue weighted by Crippen LogP contribution is 2.41. The van der Waals surface area contributed by atoms with E-state index in [0.717, 1.165) is 13.1 Å².